The molecule has 0 saturated carbocycles. The van der Waals surface area contributed by atoms with Crippen molar-refractivity contribution >= 4 is 0 Å². The number of likely N-dealkylation sites (tertiary alicyclic amines) is 1. The van der Waals surface area contributed by atoms with Gasteiger partial charge in [-0.15, -0.1) is 0 Å². The van der Waals surface area contributed by atoms with E-state index in [0.29, 0.717) is 5.92 Å². The molecule has 2 nitrogen and oxygen atoms in total. The van der Waals surface area contributed by atoms with Gasteiger partial charge in [-0.25, -0.2) is 0 Å². The summed E-state index contributed by atoms with van der Waals surface area (Å²) in [5.74, 6) is 0.551. The van der Waals surface area contributed by atoms with Crippen LogP contribution in [0.5, 0.6) is 0 Å². The average molecular weight is 294 g/mol. The van der Waals surface area contributed by atoms with E-state index in [1.165, 1.54) is 22.3 Å². The predicted octanol–water partition coefficient (Wildman–Crippen LogP) is 3.62. The normalized spacial score (nSPS) is 22.7. The molecule has 0 aromatic heterocycles. The number of aryl methyl sites for hydroxylation is 2. The highest BCUT2D eigenvalue weighted by molar-refractivity contribution is 5.30. The average Bonchev–Trinajstić information content (AvgIpc) is 2.51. The van der Waals surface area contributed by atoms with Crippen molar-refractivity contribution in [3.63, 3.8) is 0 Å². The Balaban J connectivity index is 1.75. The van der Waals surface area contributed by atoms with Gasteiger partial charge in [0.25, 0.3) is 0 Å². The van der Waals surface area contributed by atoms with E-state index in [0.717, 1.165) is 26.1 Å². The second kappa shape index (κ2) is 6.64. The summed E-state index contributed by atoms with van der Waals surface area (Å²) < 4.78 is 0. The SMILES string of the molecule is Cc1ccc(C)c(CN2CC(N)CC(c3ccccc3)C2)c1. The summed E-state index contributed by atoms with van der Waals surface area (Å²) >= 11 is 0. The van der Waals surface area contributed by atoms with E-state index in [1.54, 1.807) is 0 Å². The van der Waals surface area contributed by atoms with Gasteiger partial charge in [-0.2, -0.15) is 0 Å². The third-order valence-electron chi connectivity index (χ3n) is 4.73. The Kier molecular flexibility index (Phi) is 4.60. The molecule has 3 rings (SSSR count). The van der Waals surface area contributed by atoms with E-state index < -0.39 is 0 Å². The van der Waals surface area contributed by atoms with Crippen LogP contribution in [0.2, 0.25) is 0 Å². The first kappa shape index (κ1) is 15.3. The third-order valence-corrected chi connectivity index (χ3v) is 4.73. The van der Waals surface area contributed by atoms with Crippen LogP contribution in [0.4, 0.5) is 0 Å². The lowest BCUT2D eigenvalue weighted by Gasteiger charge is -2.37. The molecule has 22 heavy (non-hydrogen) atoms. The number of benzene rings is 2. The molecule has 0 bridgehead atoms. The van der Waals surface area contributed by atoms with Crippen molar-refractivity contribution in [3.8, 4) is 0 Å². The number of nitrogens with two attached hydrogens (primary N) is 1. The fourth-order valence-electron chi connectivity index (χ4n) is 3.54. The largest absolute Gasteiger partial charge is 0.327 e. The summed E-state index contributed by atoms with van der Waals surface area (Å²) in [6, 6.07) is 17.8. The lowest BCUT2D eigenvalue weighted by molar-refractivity contribution is 0.181. The molecule has 0 radical (unpaired) electrons. The minimum atomic E-state index is 0.268. The molecule has 0 amide bonds. The quantitative estimate of drug-likeness (QED) is 0.937. The molecule has 2 N–H and O–H groups in total. The van der Waals surface area contributed by atoms with E-state index >= 15 is 0 Å². The lowest BCUT2D eigenvalue weighted by atomic mass is 9.88. The minimum absolute atomic E-state index is 0.268. The Morgan fingerprint density at radius 3 is 2.59 bits per heavy atom. The summed E-state index contributed by atoms with van der Waals surface area (Å²) in [5.41, 5.74) is 11.9. The summed E-state index contributed by atoms with van der Waals surface area (Å²) in [4.78, 5) is 2.52. The summed E-state index contributed by atoms with van der Waals surface area (Å²) in [7, 11) is 0. The van der Waals surface area contributed by atoms with Gasteiger partial charge in [-0.3, -0.25) is 4.90 Å². The maximum Gasteiger partial charge on any atom is 0.0237 e. The highest BCUT2D eigenvalue weighted by Crippen LogP contribution is 2.27. The third kappa shape index (κ3) is 3.57. The second-order valence-corrected chi connectivity index (χ2v) is 6.73. The molecule has 0 aliphatic carbocycles. The standard InChI is InChI=1S/C20H26N2/c1-15-8-9-16(2)18(10-15)12-22-13-19(11-20(21)14-22)17-6-4-3-5-7-17/h3-10,19-20H,11-14,21H2,1-2H3. The molecule has 2 atom stereocenters. The molecular weight excluding hydrogens is 268 g/mol. The zero-order chi connectivity index (χ0) is 15.5. The van der Waals surface area contributed by atoms with Crippen LogP contribution < -0.4 is 5.73 Å². The molecule has 1 fully saturated rings. The molecule has 1 aliphatic rings. The fourth-order valence-corrected chi connectivity index (χ4v) is 3.54. The Morgan fingerprint density at radius 1 is 1.05 bits per heavy atom. The van der Waals surface area contributed by atoms with Crippen LogP contribution >= 0.6 is 0 Å². The first-order chi connectivity index (χ1) is 10.6. The lowest BCUT2D eigenvalue weighted by Crippen LogP contribution is -2.45. The number of hydrogen-bond donors (Lipinski definition) is 1. The molecule has 1 aliphatic heterocycles. The molecular formula is C20H26N2. The van der Waals surface area contributed by atoms with Gasteiger partial charge in [0, 0.05) is 25.7 Å². The van der Waals surface area contributed by atoms with Gasteiger partial charge in [0.2, 0.25) is 0 Å². The highest BCUT2D eigenvalue weighted by Gasteiger charge is 2.26. The zero-order valence-corrected chi connectivity index (χ0v) is 13.6. The van der Waals surface area contributed by atoms with Crippen molar-refractivity contribution in [2.24, 2.45) is 5.73 Å². The maximum atomic E-state index is 6.33. The van der Waals surface area contributed by atoms with Gasteiger partial charge < -0.3 is 5.73 Å². The Hall–Kier alpha value is -1.64. The smallest absolute Gasteiger partial charge is 0.0237 e. The molecule has 1 saturated heterocycles. The van der Waals surface area contributed by atoms with Crippen molar-refractivity contribution in [3.05, 3.63) is 70.8 Å². The monoisotopic (exact) mass is 294 g/mol. The van der Waals surface area contributed by atoms with Crippen LogP contribution in [0, 0.1) is 13.8 Å². The van der Waals surface area contributed by atoms with E-state index in [-0.39, 0.29) is 6.04 Å². The number of nitrogens with zero attached hydrogens (tertiary/aromatic N) is 1. The van der Waals surface area contributed by atoms with Gasteiger partial charge in [-0.05, 0) is 42.9 Å². The Morgan fingerprint density at radius 2 is 1.82 bits per heavy atom. The minimum Gasteiger partial charge on any atom is -0.327 e. The maximum absolute atomic E-state index is 6.33. The van der Waals surface area contributed by atoms with Crippen molar-refractivity contribution < 1.29 is 0 Å². The molecule has 2 aromatic carbocycles. The second-order valence-electron chi connectivity index (χ2n) is 6.73. The van der Waals surface area contributed by atoms with Crippen molar-refractivity contribution in [1.29, 1.82) is 0 Å². The van der Waals surface area contributed by atoms with Crippen LogP contribution in [0.3, 0.4) is 0 Å². The first-order valence-corrected chi connectivity index (χ1v) is 8.21. The first-order valence-electron chi connectivity index (χ1n) is 8.21. The molecule has 116 valence electrons. The molecule has 0 spiro atoms. The van der Waals surface area contributed by atoms with Crippen LogP contribution in [0.25, 0.3) is 0 Å². The summed E-state index contributed by atoms with van der Waals surface area (Å²) in [6.45, 7) is 7.47. The van der Waals surface area contributed by atoms with Crippen LogP contribution in [0.1, 0.15) is 34.6 Å². The summed E-state index contributed by atoms with van der Waals surface area (Å²) in [5, 5.41) is 0. The van der Waals surface area contributed by atoms with Gasteiger partial charge in [0.15, 0.2) is 0 Å². The van der Waals surface area contributed by atoms with Crippen LogP contribution in [-0.2, 0) is 6.54 Å². The fraction of sp³-hybridized carbons (Fsp3) is 0.400. The predicted molar refractivity (Wildman–Crippen MR) is 93.0 cm³/mol. The Bertz CT molecular complexity index is 621. The molecule has 2 aromatic rings. The van der Waals surface area contributed by atoms with Crippen LogP contribution in [0.15, 0.2) is 48.5 Å². The number of piperidine rings is 1. The molecule has 2 unspecified atom stereocenters. The van der Waals surface area contributed by atoms with E-state index in [1.807, 2.05) is 0 Å². The van der Waals surface area contributed by atoms with E-state index in [2.05, 4.69) is 67.3 Å². The van der Waals surface area contributed by atoms with Gasteiger partial charge in [0.05, 0.1) is 0 Å². The zero-order valence-electron chi connectivity index (χ0n) is 13.6. The van der Waals surface area contributed by atoms with Crippen molar-refractivity contribution in [2.45, 2.75) is 38.8 Å². The highest BCUT2D eigenvalue weighted by atomic mass is 15.1. The topological polar surface area (TPSA) is 29.3 Å². The van der Waals surface area contributed by atoms with Gasteiger partial charge in [0.1, 0.15) is 0 Å². The van der Waals surface area contributed by atoms with Crippen molar-refractivity contribution in [1.82, 2.24) is 4.90 Å². The summed E-state index contributed by atoms with van der Waals surface area (Å²) in [6.07, 6.45) is 1.09. The van der Waals surface area contributed by atoms with Crippen LogP contribution in [-0.4, -0.2) is 24.0 Å². The van der Waals surface area contributed by atoms with E-state index in [4.69, 9.17) is 5.73 Å². The molecule has 1 heterocycles. The molecule has 2 heteroatoms. The van der Waals surface area contributed by atoms with Gasteiger partial charge in [-0.1, -0.05) is 54.1 Å². The Labute approximate surface area is 134 Å². The number of rotatable bonds is 3. The van der Waals surface area contributed by atoms with E-state index in [9.17, 15) is 0 Å². The van der Waals surface area contributed by atoms with Crippen molar-refractivity contribution in [2.75, 3.05) is 13.1 Å². The number of hydrogen-bond acceptors (Lipinski definition) is 2. The van der Waals surface area contributed by atoms with Gasteiger partial charge >= 0.3 is 0 Å².